The van der Waals surface area contributed by atoms with E-state index in [1.807, 2.05) is 45.0 Å². The molecule has 29 heavy (non-hydrogen) atoms. The van der Waals surface area contributed by atoms with Crippen molar-refractivity contribution in [2.24, 2.45) is 10.9 Å². The predicted molar refractivity (Wildman–Crippen MR) is 113 cm³/mol. The Bertz CT molecular complexity index is 956. The van der Waals surface area contributed by atoms with Gasteiger partial charge in [0.05, 0.1) is 11.5 Å². The van der Waals surface area contributed by atoms with Crippen molar-refractivity contribution in [1.82, 2.24) is 4.90 Å². The Morgan fingerprint density at radius 3 is 2.52 bits per heavy atom. The molecule has 152 valence electrons. The second-order valence-corrected chi connectivity index (χ2v) is 7.92. The van der Waals surface area contributed by atoms with Crippen molar-refractivity contribution in [2.45, 2.75) is 20.8 Å². The van der Waals surface area contributed by atoms with Gasteiger partial charge >= 0.3 is 0 Å². The summed E-state index contributed by atoms with van der Waals surface area (Å²) in [4.78, 5) is 19.3. The lowest BCUT2D eigenvalue weighted by atomic mass is 10.2. The molecule has 0 spiro atoms. The average Bonchev–Trinajstić information content (AvgIpc) is 2.94. The molecule has 0 aromatic heterocycles. The van der Waals surface area contributed by atoms with Crippen LogP contribution in [0.15, 0.2) is 52.4 Å². The Morgan fingerprint density at radius 2 is 1.90 bits per heavy atom. The number of thioether (sulfide) groups is 1. The summed E-state index contributed by atoms with van der Waals surface area (Å²) in [5, 5.41) is 0.381. The highest BCUT2D eigenvalue weighted by molar-refractivity contribution is 8.18. The van der Waals surface area contributed by atoms with Gasteiger partial charge in [0, 0.05) is 12.6 Å². The zero-order valence-electron chi connectivity index (χ0n) is 16.5. The van der Waals surface area contributed by atoms with Crippen LogP contribution < -0.4 is 4.74 Å². The lowest BCUT2D eigenvalue weighted by molar-refractivity contribution is -0.122. The lowest BCUT2D eigenvalue weighted by Gasteiger charge is -2.17. The van der Waals surface area contributed by atoms with Crippen LogP contribution >= 0.6 is 11.8 Å². The molecule has 1 heterocycles. The molecular weight excluding hydrogens is 394 g/mol. The van der Waals surface area contributed by atoms with Crippen LogP contribution in [-0.4, -0.2) is 29.1 Å². The number of amidine groups is 1. The first-order chi connectivity index (χ1) is 13.9. The number of benzene rings is 2. The molecular formula is C22H22F2N2O2S. The molecule has 0 saturated carbocycles. The van der Waals surface area contributed by atoms with Crippen LogP contribution in [0.25, 0.3) is 6.08 Å². The Labute approximate surface area is 173 Å². The smallest absolute Gasteiger partial charge is 0.266 e. The van der Waals surface area contributed by atoms with Gasteiger partial charge in [-0.15, -0.1) is 0 Å². The second-order valence-electron chi connectivity index (χ2n) is 6.91. The van der Waals surface area contributed by atoms with E-state index in [0.717, 1.165) is 23.4 Å². The van der Waals surface area contributed by atoms with Gasteiger partial charge in [0.1, 0.15) is 17.3 Å². The predicted octanol–water partition coefficient (Wildman–Crippen LogP) is 5.62. The molecule has 0 N–H and O–H groups in total. The van der Waals surface area contributed by atoms with Crippen LogP contribution in [-0.2, 0) is 4.79 Å². The summed E-state index contributed by atoms with van der Waals surface area (Å²) >= 11 is 1.18. The third-order valence-electron chi connectivity index (χ3n) is 4.05. The van der Waals surface area contributed by atoms with Crippen molar-refractivity contribution in [3.05, 3.63) is 64.6 Å². The van der Waals surface area contributed by atoms with Gasteiger partial charge < -0.3 is 4.74 Å². The third-order valence-corrected chi connectivity index (χ3v) is 5.06. The third kappa shape index (κ3) is 5.23. The fourth-order valence-corrected chi connectivity index (χ4v) is 3.77. The molecule has 1 aliphatic heterocycles. The number of halogens is 2. The van der Waals surface area contributed by atoms with Gasteiger partial charge in [0.15, 0.2) is 11.0 Å². The Kier molecular flexibility index (Phi) is 6.69. The zero-order chi connectivity index (χ0) is 21.0. The minimum atomic E-state index is -0.765. The maximum absolute atomic E-state index is 14.0. The van der Waals surface area contributed by atoms with Gasteiger partial charge in [-0.1, -0.05) is 26.0 Å². The van der Waals surface area contributed by atoms with E-state index < -0.39 is 11.6 Å². The average molecular weight is 416 g/mol. The molecule has 1 aliphatic rings. The van der Waals surface area contributed by atoms with Crippen molar-refractivity contribution in [3.8, 4) is 5.75 Å². The molecule has 0 radical (unpaired) electrons. The highest BCUT2D eigenvalue weighted by Gasteiger charge is 2.33. The molecule has 3 rings (SSSR count). The summed E-state index contributed by atoms with van der Waals surface area (Å²) in [5.41, 5.74) is 0.848. The van der Waals surface area contributed by atoms with E-state index in [1.165, 1.54) is 17.8 Å². The molecule has 1 amide bonds. The van der Waals surface area contributed by atoms with Gasteiger partial charge in [-0.3, -0.25) is 9.69 Å². The van der Waals surface area contributed by atoms with Crippen molar-refractivity contribution < 1.29 is 18.3 Å². The molecule has 0 unspecified atom stereocenters. The van der Waals surface area contributed by atoms with Crippen molar-refractivity contribution in [3.63, 3.8) is 0 Å². The van der Waals surface area contributed by atoms with E-state index in [1.54, 1.807) is 11.0 Å². The number of hydrogen-bond acceptors (Lipinski definition) is 4. The fraction of sp³-hybridized carbons (Fsp3) is 0.273. The number of hydrogen-bond donors (Lipinski definition) is 0. The minimum absolute atomic E-state index is 0.00206. The highest BCUT2D eigenvalue weighted by Crippen LogP contribution is 2.35. The van der Waals surface area contributed by atoms with Gasteiger partial charge in [0.25, 0.3) is 5.91 Å². The number of amides is 1. The van der Waals surface area contributed by atoms with Crippen LogP contribution in [0, 0.1) is 17.6 Å². The number of carbonyl (C=O) groups excluding carboxylic acids is 1. The topological polar surface area (TPSA) is 41.9 Å². The molecule has 4 nitrogen and oxygen atoms in total. The van der Waals surface area contributed by atoms with Crippen LogP contribution in [0.2, 0.25) is 0 Å². The standard InChI is InChI=1S/C22H22F2N2O2S/c1-4-28-17-8-5-15(6-9-17)11-20-21(27)26(13-14(2)3)22(29-20)25-19-10-7-16(23)12-18(19)24/h5-12,14H,4,13H2,1-3H3/b20-11+,25-22?. The Balaban J connectivity index is 1.92. The number of ether oxygens (including phenoxy) is 1. The van der Waals surface area contributed by atoms with Crippen LogP contribution in [0.1, 0.15) is 26.3 Å². The summed E-state index contributed by atoms with van der Waals surface area (Å²) in [7, 11) is 0. The first kappa shape index (κ1) is 21.0. The zero-order valence-corrected chi connectivity index (χ0v) is 17.3. The number of rotatable bonds is 6. The monoisotopic (exact) mass is 416 g/mol. The molecule has 0 bridgehead atoms. The summed E-state index contributed by atoms with van der Waals surface area (Å²) < 4.78 is 32.7. The molecule has 7 heteroatoms. The first-order valence-corrected chi connectivity index (χ1v) is 10.2. The number of carbonyl (C=O) groups is 1. The molecule has 1 fully saturated rings. The highest BCUT2D eigenvalue weighted by atomic mass is 32.2. The molecule has 0 aliphatic carbocycles. The maximum atomic E-state index is 14.0. The van der Waals surface area contributed by atoms with E-state index in [4.69, 9.17) is 4.74 Å². The summed E-state index contributed by atoms with van der Waals surface area (Å²) in [6.45, 7) is 6.93. The SMILES string of the molecule is CCOc1ccc(/C=C2/SC(=Nc3ccc(F)cc3F)N(CC(C)C)C2=O)cc1. The second kappa shape index (κ2) is 9.22. The molecule has 2 aromatic rings. The Morgan fingerprint density at radius 1 is 1.17 bits per heavy atom. The normalized spacial score (nSPS) is 17.0. The van der Waals surface area contributed by atoms with E-state index in [0.29, 0.717) is 23.2 Å². The van der Waals surface area contributed by atoms with Crippen LogP contribution in [0.4, 0.5) is 14.5 Å². The van der Waals surface area contributed by atoms with Crippen molar-refractivity contribution >= 4 is 34.6 Å². The van der Waals surface area contributed by atoms with E-state index in [-0.39, 0.29) is 17.5 Å². The molecule has 0 atom stereocenters. The first-order valence-electron chi connectivity index (χ1n) is 9.35. The number of aliphatic imine (C=N–C) groups is 1. The largest absolute Gasteiger partial charge is 0.494 e. The van der Waals surface area contributed by atoms with E-state index in [2.05, 4.69) is 4.99 Å². The van der Waals surface area contributed by atoms with Crippen molar-refractivity contribution in [1.29, 1.82) is 0 Å². The summed E-state index contributed by atoms with van der Waals surface area (Å²) in [6.07, 6.45) is 1.78. The van der Waals surface area contributed by atoms with Gasteiger partial charge in [-0.05, 0) is 60.5 Å². The van der Waals surface area contributed by atoms with E-state index in [9.17, 15) is 13.6 Å². The Hall–Kier alpha value is -2.67. The van der Waals surface area contributed by atoms with Gasteiger partial charge in [0.2, 0.25) is 0 Å². The van der Waals surface area contributed by atoms with E-state index >= 15 is 0 Å². The van der Waals surface area contributed by atoms with Crippen LogP contribution in [0.5, 0.6) is 5.75 Å². The lowest BCUT2D eigenvalue weighted by Crippen LogP contribution is -2.32. The summed E-state index contributed by atoms with van der Waals surface area (Å²) in [5.74, 6) is -0.655. The fourth-order valence-electron chi connectivity index (χ4n) is 2.77. The van der Waals surface area contributed by atoms with Crippen LogP contribution in [0.3, 0.4) is 0 Å². The summed E-state index contributed by atoms with van der Waals surface area (Å²) in [6, 6.07) is 10.6. The van der Waals surface area contributed by atoms with Crippen molar-refractivity contribution in [2.75, 3.05) is 13.2 Å². The number of nitrogens with zero attached hydrogens (tertiary/aromatic N) is 2. The quantitative estimate of drug-likeness (QED) is 0.574. The molecule has 1 saturated heterocycles. The van der Waals surface area contributed by atoms with Gasteiger partial charge in [-0.25, -0.2) is 13.8 Å². The molecule has 2 aromatic carbocycles. The minimum Gasteiger partial charge on any atom is -0.494 e. The maximum Gasteiger partial charge on any atom is 0.266 e. The van der Waals surface area contributed by atoms with Gasteiger partial charge in [-0.2, -0.15) is 0 Å².